The van der Waals surface area contributed by atoms with Crippen LogP contribution in [0.4, 0.5) is 0 Å². The van der Waals surface area contributed by atoms with Crippen LogP contribution in [0.5, 0.6) is 0 Å². The molecule has 61 heavy (non-hydrogen) atoms. The van der Waals surface area contributed by atoms with E-state index in [-0.39, 0.29) is 26.1 Å². The summed E-state index contributed by atoms with van der Waals surface area (Å²) in [5.41, 5.74) is 0. The third kappa shape index (κ3) is 33.1. The van der Waals surface area contributed by atoms with Crippen LogP contribution in [0.2, 0.25) is 0 Å². The largest absolute Gasteiger partial charge is 0.462 e. The molecule has 1 aliphatic rings. The molecule has 0 saturated carbocycles. The number of allylic oxidation sites excluding steroid dienone is 6. The minimum Gasteiger partial charge on any atom is -0.462 e. The summed E-state index contributed by atoms with van der Waals surface area (Å²) < 4.78 is 22.2. The van der Waals surface area contributed by atoms with Gasteiger partial charge in [0.15, 0.2) is 12.4 Å². The number of esters is 2. The Hall–Kier alpha value is -2.08. The van der Waals surface area contributed by atoms with Crippen molar-refractivity contribution in [1.29, 1.82) is 0 Å². The van der Waals surface area contributed by atoms with E-state index < -0.39 is 55.4 Å². The first-order valence-electron chi connectivity index (χ1n) is 25.1. The number of rotatable bonds is 42. The van der Waals surface area contributed by atoms with E-state index in [1.54, 1.807) is 0 Å². The van der Waals surface area contributed by atoms with Gasteiger partial charge in [0.25, 0.3) is 0 Å². The van der Waals surface area contributed by atoms with E-state index in [1.165, 1.54) is 128 Å². The Kier molecular flexibility index (Phi) is 39.1. The van der Waals surface area contributed by atoms with E-state index in [9.17, 15) is 30.0 Å². The van der Waals surface area contributed by atoms with Gasteiger partial charge in [-0.2, -0.15) is 0 Å². The van der Waals surface area contributed by atoms with Crippen LogP contribution in [0.25, 0.3) is 0 Å². The van der Waals surface area contributed by atoms with Crippen molar-refractivity contribution in [2.45, 2.75) is 256 Å². The first-order chi connectivity index (χ1) is 29.8. The molecule has 0 radical (unpaired) electrons. The summed E-state index contributed by atoms with van der Waals surface area (Å²) in [6.45, 7) is 3.38. The fourth-order valence-corrected chi connectivity index (χ4v) is 7.55. The summed E-state index contributed by atoms with van der Waals surface area (Å²) in [6, 6.07) is 0. The average molecular weight is 865 g/mol. The van der Waals surface area contributed by atoms with E-state index in [1.807, 2.05) is 0 Å². The second kappa shape index (κ2) is 41.9. The van der Waals surface area contributed by atoms with Crippen LogP contribution in [0.3, 0.4) is 0 Å². The molecular formula is C51H92O10. The molecule has 1 aliphatic heterocycles. The zero-order valence-corrected chi connectivity index (χ0v) is 38.9. The highest BCUT2D eigenvalue weighted by molar-refractivity contribution is 5.70. The van der Waals surface area contributed by atoms with E-state index in [4.69, 9.17) is 18.9 Å². The third-order valence-corrected chi connectivity index (χ3v) is 11.5. The average Bonchev–Trinajstić information content (AvgIpc) is 3.26. The predicted molar refractivity (Wildman–Crippen MR) is 247 cm³/mol. The first-order valence-corrected chi connectivity index (χ1v) is 25.1. The molecule has 2 unspecified atom stereocenters. The lowest BCUT2D eigenvalue weighted by Gasteiger charge is -2.39. The molecular weight excluding hydrogens is 773 g/mol. The quantitative estimate of drug-likeness (QED) is 0.0265. The number of carbonyl (C=O) groups is 2. The molecule has 6 atom stereocenters. The first kappa shape index (κ1) is 56.9. The number of ether oxygens (including phenoxy) is 4. The van der Waals surface area contributed by atoms with Crippen molar-refractivity contribution in [3.05, 3.63) is 36.5 Å². The molecule has 4 N–H and O–H groups in total. The van der Waals surface area contributed by atoms with Crippen LogP contribution >= 0.6 is 0 Å². The maximum absolute atomic E-state index is 12.8. The van der Waals surface area contributed by atoms with Crippen molar-refractivity contribution in [2.75, 3.05) is 19.8 Å². The summed E-state index contributed by atoms with van der Waals surface area (Å²) in [5.74, 6) is -0.843. The van der Waals surface area contributed by atoms with Gasteiger partial charge in [-0.3, -0.25) is 9.59 Å². The number of aliphatic hydroxyl groups excluding tert-OH is 4. The van der Waals surface area contributed by atoms with E-state index in [2.05, 4.69) is 50.3 Å². The number of hydrogen-bond acceptors (Lipinski definition) is 10. The Balaban J connectivity index is 2.28. The van der Waals surface area contributed by atoms with Gasteiger partial charge < -0.3 is 39.4 Å². The summed E-state index contributed by atoms with van der Waals surface area (Å²) in [7, 11) is 0. The van der Waals surface area contributed by atoms with Gasteiger partial charge in [0, 0.05) is 12.8 Å². The Morgan fingerprint density at radius 3 is 1.41 bits per heavy atom. The Morgan fingerprint density at radius 2 is 0.918 bits per heavy atom. The zero-order chi connectivity index (χ0) is 44.4. The highest BCUT2D eigenvalue weighted by atomic mass is 16.7. The minimum absolute atomic E-state index is 0.225. The molecule has 0 spiro atoms. The monoisotopic (exact) mass is 865 g/mol. The zero-order valence-electron chi connectivity index (χ0n) is 38.9. The van der Waals surface area contributed by atoms with Gasteiger partial charge >= 0.3 is 11.9 Å². The maximum atomic E-state index is 12.8. The molecule has 10 heteroatoms. The van der Waals surface area contributed by atoms with Crippen LogP contribution in [0.1, 0.15) is 219 Å². The molecule has 10 nitrogen and oxygen atoms in total. The van der Waals surface area contributed by atoms with Crippen LogP contribution in [0, 0.1) is 0 Å². The normalized spacial score (nSPS) is 20.0. The molecule has 0 aromatic carbocycles. The molecule has 1 rings (SSSR count). The number of aliphatic hydroxyl groups is 4. The summed E-state index contributed by atoms with van der Waals surface area (Å²) in [6.07, 6.45) is 41.6. The lowest BCUT2D eigenvalue weighted by molar-refractivity contribution is -0.305. The highest BCUT2D eigenvalue weighted by Gasteiger charge is 2.44. The van der Waals surface area contributed by atoms with Crippen molar-refractivity contribution in [3.8, 4) is 0 Å². The molecule has 1 saturated heterocycles. The van der Waals surface area contributed by atoms with Crippen molar-refractivity contribution < 1.29 is 49.0 Å². The summed E-state index contributed by atoms with van der Waals surface area (Å²) in [4.78, 5) is 25.4. The summed E-state index contributed by atoms with van der Waals surface area (Å²) >= 11 is 0. The van der Waals surface area contributed by atoms with Crippen LogP contribution < -0.4 is 0 Å². The molecule has 0 aromatic heterocycles. The van der Waals surface area contributed by atoms with E-state index in [0.29, 0.717) is 12.8 Å². The Morgan fingerprint density at radius 1 is 0.508 bits per heavy atom. The second-order valence-corrected chi connectivity index (χ2v) is 17.3. The molecule has 0 aromatic rings. The van der Waals surface area contributed by atoms with Crippen LogP contribution in [0.15, 0.2) is 36.5 Å². The van der Waals surface area contributed by atoms with Gasteiger partial charge in [-0.25, -0.2) is 0 Å². The number of hydrogen-bond donors (Lipinski definition) is 4. The van der Waals surface area contributed by atoms with Crippen LogP contribution in [-0.4, -0.2) is 89.0 Å². The van der Waals surface area contributed by atoms with E-state index >= 15 is 0 Å². The van der Waals surface area contributed by atoms with Gasteiger partial charge in [0.05, 0.1) is 13.2 Å². The molecule has 1 fully saturated rings. The second-order valence-electron chi connectivity index (χ2n) is 17.3. The fourth-order valence-electron chi connectivity index (χ4n) is 7.55. The van der Waals surface area contributed by atoms with Crippen molar-refractivity contribution >= 4 is 11.9 Å². The standard InChI is InChI=1S/C51H92O10/c1-3-5-7-9-11-13-15-17-19-20-21-22-23-24-26-28-30-32-34-36-38-40-47(54)60-44(43-59-51-50(57)49(56)48(55)45(41-52)61-51)42-58-46(53)39-37-35-33-31-29-27-25-18-16-14-12-10-8-6-4-2/h12,14,18,25,29,31,44-45,48-52,55-57H,3-11,13,15-17,19-24,26-28,30,32-43H2,1-2H3/b14-12+,25-18+,31-29+/t44-,45-,48+,49?,50?,51-/m1/s1. The number of unbranched alkanes of at least 4 members (excludes halogenated alkanes) is 25. The molecule has 0 bridgehead atoms. The van der Waals surface area contributed by atoms with Gasteiger partial charge in [0.1, 0.15) is 31.0 Å². The maximum Gasteiger partial charge on any atom is 0.306 e. The van der Waals surface area contributed by atoms with Crippen LogP contribution in [-0.2, 0) is 28.5 Å². The SMILES string of the molecule is CCCCC/C=C/C/C=C/C/C=C/CCCCC(=O)OC[C@H](CO[C@@H]1O[C@H](CO)[C@H](O)C(O)C1O)OC(=O)CCCCCCCCCCCCCCCCCCCCCCC. The van der Waals surface area contributed by atoms with Gasteiger partial charge in [-0.1, -0.05) is 192 Å². The molecule has 0 amide bonds. The molecule has 0 aliphatic carbocycles. The Bertz CT molecular complexity index is 1090. The van der Waals surface area contributed by atoms with Gasteiger partial charge in [-0.05, 0) is 51.4 Å². The highest BCUT2D eigenvalue weighted by Crippen LogP contribution is 2.23. The molecule has 1 heterocycles. The minimum atomic E-state index is -1.60. The van der Waals surface area contributed by atoms with E-state index in [0.717, 1.165) is 51.4 Å². The van der Waals surface area contributed by atoms with Crippen molar-refractivity contribution in [3.63, 3.8) is 0 Å². The van der Waals surface area contributed by atoms with Gasteiger partial charge in [0.2, 0.25) is 0 Å². The lowest BCUT2D eigenvalue weighted by Crippen LogP contribution is -2.59. The molecule has 356 valence electrons. The van der Waals surface area contributed by atoms with Gasteiger partial charge in [-0.15, -0.1) is 0 Å². The van der Waals surface area contributed by atoms with Crippen molar-refractivity contribution in [1.82, 2.24) is 0 Å². The Labute approximate surface area is 372 Å². The predicted octanol–water partition coefficient (Wildman–Crippen LogP) is 11.4. The van der Waals surface area contributed by atoms with Crippen molar-refractivity contribution in [2.24, 2.45) is 0 Å². The smallest absolute Gasteiger partial charge is 0.306 e. The topological polar surface area (TPSA) is 152 Å². The lowest BCUT2D eigenvalue weighted by atomic mass is 9.99. The summed E-state index contributed by atoms with van der Waals surface area (Å²) in [5, 5.41) is 40.2. The number of carbonyl (C=O) groups excluding carboxylic acids is 2. The third-order valence-electron chi connectivity index (χ3n) is 11.5. The fraction of sp³-hybridized carbons (Fsp3) is 0.843.